The molecule has 0 bridgehead atoms. The van der Waals surface area contributed by atoms with Crippen LogP contribution in [0.2, 0.25) is 0 Å². The van der Waals surface area contributed by atoms with Gasteiger partial charge in [0.1, 0.15) is 37.1 Å². The van der Waals surface area contributed by atoms with Crippen molar-refractivity contribution < 1.29 is 52.4 Å². The Morgan fingerprint density at radius 1 is 0.795 bits per heavy atom. The van der Waals surface area contributed by atoms with Gasteiger partial charge in [-0.1, -0.05) is 96.8 Å². The summed E-state index contributed by atoms with van der Waals surface area (Å²) in [6, 6.07) is 0. The van der Waals surface area contributed by atoms with E-state index in [-0.39, 0.29) is 13.0 Å². The van der Waals surface area contributed by atoms with E-state index in [2.05, 4.69) is 6.92 Å². The van der Waals surface area contributed by atoms with Crippen molar-refractivity contribution in [1.29, 1.82) is 0 Å². The summed E-state index contributed by atoms with van der Waals surface area (Å²) in [6.45, 7) is 1.42. The molecule has 1 rings (SSSR count). The predicted octanol–water partition coefficient (Wildman–Crippen LogP) is 2.52. The Labute approximate surface area is 234 Å². The lowest BCUT2D eigenvalue weighted by atomic mass is 10.00. The molecule has 1 fully saturated rings. The summed E-state index contributed by atoms with van der Waals surface area (Å²) in [4.78, 5) is 11.9. The Kier molecular flexibility index (Phi) is 19.4. The minimum absolute atomic E-state index is 0.242. The van der Waals surface area contributed by atoms with Crippen LogP contribution in [0.1, 0.15) is 110 Å². The largest absolute Gasteiger partial charge is 0.748 e. The third-order valence-electron chi connectivity index (χ3n) is 6.91. The van der Waals surface area contributed by atoms with E-state index in [9.17, 15) is 38.2 Å². The summed E-state index contributed by atoms with van der Waals surface area (Å²) in [5.41, 5.74) is 0. The van der Waals surface area contributed by atoms with Crippen LogP contribution in [0.5, 0.6) is 0 Å². The monoisotopic (exact) mass is 583 g/mol. The van der Waals surface area contributed by atoms with E-state index in [1.54, 1.807) is 0 Å². The first-order valence-corrected chi connectivity index (χ1v) is 16.2. The highest BCUT2D eigenvalue weighted by Gasteiger charge is 2.45. The Balaban J connectivity index is 2.05. The van der Waals surface area contributed by atoms with Gasteiger partial charge >= 0.3 is 5.97 Å². The van der Waals surface area contributed by atoms with Crippen molar-refractivity contribution in [3.05, 3.63) is 0 Å². The molecule has 4 N–H and O–H groups in total. The number of esters is 1. The zero-order valence-electron chi connectivity index (χ0n) is 23.5. The number of carbonyl (C=O) groups is 1. The zero-order valence-corrected chi connectivity index (χ0v) is 24.3. The van der Waals surface area contributed by atoms with Crippen molar-refractivity contribution in [3.8, 4) is 0 Å². The number of hydrogen-bond acceptors (Lipinski definition) is 11. The number of rotatable bonds is 23. The Morgan fingerprint density at radius 2 is 1.28 bits per heavy atom. The highest BCUT2D eigenvalue weighted by molar-refractivity contribution is 7.85. The third kappa shape index (κ3) is 17.5. The summed E-state index contributed by atoms with van der Waals surface area (Å²) in [6.07, 6.45) is 8.82. The SMILES string of the molecule is CCCCCCCCCCCCCCCCCC(=O)OCC(O)CO[C@H]1O[C@H](CS(=O)(=O)[O-])[C@@H](O)[C@H](O)[C@H]1O. The minimum atomic E-state index is -4.78. The number of unbranched alkanes of at least 4 members (excludes halogenated alkanes) is 14. The smallest absolute Gasteiger partial charge is 0.305 e. The van der Waals surface area contributed by atoms with Crippen LogP contribution in [-0.4, -0.2) is 95.1 Å². The van der Waals surface area contributed by atoms with Crippen molar-refractivity contribution in [2.75, 3.05) is 19.0 Å². The van der Waals surface area contributed by atoms with Gasteiger partial charge in [0.25, 0.3) is 0 Å². The molecule has 0 aliphatic carbocycles. The number of aliphatic hydroxyl groups is 4. The van der Waals surface area contributed by atoms with Gasteiger partial charge in [-0.15, -0.1) is 0 Å². The second-order valence-electron chi connectivity index (χ2n) is 10.6. The van der Waals surface area contributed by atoms with E-state index in [1.807, 2.05) is 0 Å². The van der Waals surface area contributed by atoms with E-state index >= 15 is 0 Å². The van der Waals surface area contributed by atoms with Crippen LogP contribution in [0.15, 0.2) is 0 Å². The summed E-state index contributed by atoms with van der Waals surface area (Å²) in [5, 5.41) is 39.6. The molecule has 0 saturated carbocycles. The molecule has 11 nitrogen and oxygen atoms in total. The van der Waals surface area contributed by atoms with Crippen molar-refractivity contribution in [2.24, 2.45) is 0 Å². The maximum atomic E-state index is 11.9. The van der Waals surface area contributed by atoms with Gasteiger partial charge in [-0.2, -0.15) is 0 Å². The summed E-state index contributed by atoms with van der Waals surface area (Å²) in [7, 11) is -4.78. The van der Waals surface area contributed by atoms with E-state index in [0.717, 1.165) is 19.3 Å². The molecule has 1 unspecified atom stereocenters. The first-order valence-electron chi connectivity index (χ1n) is 14.6. The molecule has 0 aromatic heterocycles. The molecular weight excluding hydrogens is 532 g/mol. The van der Waals surface area contributed by atoms with Gasteiger partial charge in [-0.25, -0.2) is 8.42 Å². The number of ether oxygens (including phenoxy) is 3. The van der Waals surface area contributed by atoms with E-state index < -0.39 is 65.3 Å². The highest BCUT2D eigenvalue weighted by Crippen LogP contribution is 2.23. The van der Waals surface area contributed by atoms with Crippen LogP contribution < -0.4 is 0 Å². The highest BCUT2D eigenvalue weighted by atomic mass is 32.2. The van der Waals surface area contributed by atoms with Crippen LogP contribution in [0.3, 0.4) is 0 Å². The average molecular weight is 584 g/mol. The van der Waals surface area contributed by atoms with Crippen LogP contribution in [0.25, 0.3) is 0 Å². The van der Waals surface area contributed by atoms with Gasteiger partial charge in [0.05, 0.1) is 22.5 Å². The molecule has 0 amide bonds. The van der Waals surface area contributed by atoms with Gasteiger partial charge in [-0.05, 0) is 6.42 Å². The molecule has 1 heterocycles. The Hall–Kier alpha value is -0.860. The molecule has 1 saturated heterocycles. The molecule has 232 valence electrons. The second kappa shape index (κ2) is 20.9. The second-order valence-corrected chi connectivity index (χ2v) is 12.1. The van der Waals surface area contributed by atoms with Gasteiger partial charge in [0.15, 0.2) is 6.29 Å². The van der Waals surface area contributed by atoms with Crippen LogP contribution in [0, 0.1) is 0 Å². The van der Waals surface area contributed by atoms with Gasteiger partial charge in [0, 0.05) is 6.42 Å². The molecule has 0 aromatic carbocycles. The molecule has 0 spiro atoms. The van der Waals surface area contributed by atoms with E-state index in [1.165, 1.54) is 70.6 Å². The fraction of sp³-hybridized carbons (Fsp3) is 0.963. The Morgan fingerprint density at radius 3 is 1.77 bits per heavy atom. The third-order valence-corrected chi connectivity index (χ3v) is 7.65. The van der Waals surface area contributed by atoms with E-state index in [0.29, 0.717) is 6.42 Å². The van der Waals surface area contributed by atoms with Crippen molar-refractivity contribution in [1.82, 2.24) is 0 Å². The molecule has 0 aromatic rings. The van der Waals surface area contributed by atoms with Gasteiger partial charge in [0.2, 0.25) is 0 Å². The quantitative estimate of drug-likeness (QED) is 0.0787. The molecule has 6 atom stereocenters. The Bertz CT molecular complexity index is 733. The molecule has 1 aliphatic heterocycles. The van der Waals surface area contributed by atoms with Crippen molar-refractivity contribution >= 4 is 16.1 Å². The van der Waals surface area contributed by atoms with Crippen LogP contribution in [0.4, 0.5) is 0 Å². The normalized spacial score (nSPS) is 24.5. The number of hydrogen-bond donors (Lipinski definition) is 4. The molecule has 12 heteroatoms. The fourth-order valence-electron chi connectivity index (χ4n) is 4.55. The summed E-state index contributed by atoms with van der Waals surface area (Å²) in [5.74, 6) is -1.57. The minimum Gasteiger partial charge on any atom is -0.748 e. The average Bonchev–Trinajstić information content (AvgIpc) is 2.88. The standard InChI is InChI=1S/C27H52O11S/c1-2-3-4-5-6-7-8-9-10-11-12-13-14-15-16-17-23(29)36-18-21(28)19-37-27-26(32)25(31)24(30)22(38-27)20-39(33,34)35/h21-22,24-28,30-32H,2-20H2,1H3,(H,33,34,35)/p-1/t21?,22-,24-,25+,26-,27+/m1/s1. The lowest BCUT2D eigenvalue weighted by Gasteiger charge is -2.40. The maximum Gasteiger partial charge on any atom is 0.305 e. The van der Waals surface area contributed by atoms with Crippen molar-refractivity contribution in [3.63, 3.8) is 0 Å². The predicted molar refractivity (Wildman–Crippen MR) is 144 cm³/mol. The molecule has 1 aliphatic rings. The lowest BCUT2D eigenvalue weighted by Crippen LogP contribution is -2.60. The van der Waals surface area contributed by atoms with Crippen LogP contribution in [-0.2, 0) is 29.1 Å². The number of carbonyl (C=O) groups excluding carboxylic acids is 1. The first-order chi connectivity index (χ1) is 18.5. The van der Waals surface area contributed by atoms with Gasteiger partial charge in [-0.3, -0.25) is 4.79 Å². The first kappa shape index (κ1) is 36.2. The lowest BCUT2D eigenvalue weighted by molar-refractivity contribution is -0.296. The molecule has 39 heavy (non-hydrogen) atoms. The zero-order chi connectivity index (χ0) is 29.1. The maximum absolute atomic E-state index is 11.9. The van der Waals surface area contributed by atoms with Crippen molar-refractivity contribution in [2.45, 2.75) is 146 Å². The fourth-order valence-corrected chi connectivity index (χ4v) is 5.23. The van der Waals surface area contributed by atoms with Gasteiger partial charge < -0.3 is 39.2 Å². The van der Waals surface area contributed by atoms with Crippen LogP contribution >= 0.6 is 0 Å². The summed E-state index contributed by atoms with van der Waals surface area (Å²) >= 11 is 0. The molecular formula is C27H51O11S-. The topological polar surface area (TPSA) is 183 Å². The van der Waals surface area contributed by atoms with E-state index in [4.69, 9.17) is 14.2 Å². The summed E-state index contributed by atoms with van der Waals surface area (Å²) < 4.78 is 48.2. The molecule has 0 radical (unpaired) electrons. The number of aliphatic hydroxyl groups excluding tert-OH is 4.